The molecule has 3 heterocycles. The predicted octanol–water partition coefficient (Wildman–Crippen LogP) is 9.03. The molecule has 0 bridgehead atoms. The molecule has 262 valence electrons. The number of nitrogens with zero attached hydrogens (tertiary/aromatic N) is 4. The van der Waals surface area contributed by atoms with Crippen LogP contribution in [0.5, 0.6) is 5.75 Å². The first-order valence-corrected chi connectivity index (χ1v) is 18.7. The van der Waals surface area contributed by atoms with Crippen LogP contribution in [0.3, 0.4) is 0 Å². The van der Waals surface area contributed by atoms with E-state index >= 15 is 0 Å². The zero-order valence-electron chi connectivity index (χ0n) is 31.1. The average molecular weight is 755 g/mol. The normalized spacial score (nSPS) is 11.4. The molecule has 0 radical (unpaired) electrons. The third-order valence-electron chi connectivity index (χ3n) is 10.9. The first-order valence-electron chi connectivity index (χ1n) is 18.7. The Morgan fingerprint density at radius 1 is 0.368 bits per heavy atom. The van der Waals surface area contributed by atoms with Crippen LogP contribution in [0, 0.1) is 0 Å². The number of aromatic nitrogens is 4. The van der Waals surface area contributed by atoms with Gasteiger partial charge in [0.2, 0.25) is 0 Å². The van der Waals surface area contributed by atoms with Crippen LogP contribution in [0.15, 0.2) is 188 Å². The Labute approximate surface area is 372 Å². The van der Waals surface area contributed by atoms with Crippen LogP contribution in [0.4, 0.5) is 0 Å². The maximum atomic E-state index is 13.8. The van der Waals surface area contributed by atoms with Crippen LogP contribution in [0.2, 0.25) is 0 Å². The van der Waals surface area contributed by atoms with Crippen molar-refractivity contribution in [3.05, 3.63) is 188 Å². The van der Waals surface area contributed by atoms with Gasteiger partial charge >= 0.3 is 51.4 Å². The predicted molar refractivity (Wildman–Crippen MR) is 225 cm³/mol. The van der Waals surface area contributed by atoms with E-state index in [4.69, 9.17) is 15.0 Å². The second-order valence-corrected chi connectivity index (χ2v) is 14.1. The second-order valence-electron chi connectivity index (χ2n) is 14.1. The van der Waals surface area contributed by atoms with E-state index in [1.807, 2.05) is 97.1 Å². The van der Waals surface area contributed by atoms with Crippen LogP contribution in [0.25, 0.3) is 106 Å². The van der Waals surface area contributed by atoms with Crippen LogP contribution < -0.4 is 56.5 Å². The van der Waals surface area contributed by atoms with E-state index in [0.717, 1.165) is 83.1 Å². The fourth-order valence-electron chi connectivity index (χ4n) is 8.43. The number of para-hydroxylation sites is 2. The Hall–Kier alpha value is -5.99. The molecule has 0 saturated carbocycles. The third kappa shape index (κ3) is 5.88. The molecule has 11 rings (SSSR count). The standard InChI is InChI=1S/C51H32N4O.K/c56-45-29-15-25-39(46(45)32-16-4-1-5-17-32)41-27-14-26-40-36-22-10-11-23-37(36)42-30-35(31-43-38-24-12-13-28-44(38)55(47(40)41)48(42)43)51-53-49(33-18-6-2-7-19-33)52-50(54-51)34-20-8-3-9-21-34;/h1-31,56H;/q;+1/p-1. The van der Waals surface area contributed by atoms with Crippen molar-refractivity contribution in [3.8, 4) is 90.1 Å². The van der Waals surface area contributed by atoms with Crippen LogP contribution in [0.1, 0.15) is 0 Å². The number of hydrogen-bond donors (Lipinski definition) is 0. The van der Waals surface area contributed by atoms with Gasteiger partial charge in [-0.1, -0.05) is 170 Å². The summed E-state index contributed by atoms with van der Waals surface area (Å²) in [5.41, 5.74) is 13.8. The molecule has 0 atom stereocenters. The fraction of sp³-hybridized carbons (Fsp3) is 0. The summed E-state index contributed by atoms with van der Waals surface area (Å²) in [4.78, 5) is 15.3. The van der Waals surface area contributed by atoms with Gasteiger partial charge in [0.15, 0.2) is 17.5 Å². The smallest absolute Gasteiger partial charge is 0.872 e. The topological polar surface area (TPSA) is 66.7 Å². The molecule has 0 amide bonds. The van der Waals surface area contributed by atoms with Crippen molar-refractivity contribution in [2.75, 3.05) is 0 Å². The summed E-state index contributed by atoms with van der Waals surface area (Å²) in [6, 6.07) is 64.0. The molecular weight excluding hydrogens is 724 g/mol. The summed E-state index contributed by atoms with van der Waals surface area (Å²) in [6.07, 6.45) is 0. The van der Waals surface area contributed by atoms with Crippen molar-refractivity contribution in [2.24, 2.45) is 0 Å². The maximum Gasteiger partial charge on any atom is 1.00 e. The molecule has 0 fully saturated rings. The molecule has 0 unspecified atom stereocenters. The van der Waals surface area contributed by atoms with E-state index in [2.05, 4.69) is 89.5 Å². The zero-order valence-corrected chi connectivity index (χ0v) is 34.2. The van der Waals surface area contributed by atoms with E-state index in [9.17, 15) is 5.11 Å². The first-order chi connectivity index (χ1) is 27.7. The monoisotopic (exact) mass is 754 g/mol. The van der Waals surface area contributed by atoms with Gasteiger partial charge in [-0.15, -0.1) is 5.75 Å². The largest absolute Gasteiger partial charge is 1.00 e. The molecule has 1 aliphatic heterocycles. The number of benzene rings is 8. The van der Waals surface area contributed by atoms with E-state index in [0.29, 0.717) is 23.0 Å². The quantitative estimate of drug-likeness (QED) is 0.165. The molecule has 2 aromatic heterocycles. The van der Waals surface area contributed by atoms with Crippen molar-refractivity contribution in [2.45, 2.75) is 0 Å². The SMILES string of the molecule is [K+].[O-]c1cccc(-c2cccc3c2-n2c4ccccc4c4cc(-c5nc(-c6ccccc6)nc(-c6ccccc6)n5)cc(c42)-c2ccccc2-3)c1-c1ccccc1. The van der Waals surface area contributed by atoms with Gasteiger partial charge in [-0.05, 0) is 46.0 Å². The average Bonchev–Trinajstić information content (AvgIpc) is 3.54. The van der Waals surface area contributed by atoms with Crippen molar-refractivity contribution in [1.29, 1.82) is 0 Å². The molecule has 0 saturated heterocycles. The minimum absolute atomic E-state index is 0. The summed E-state index contributed by atoms with van der Waals surface area (Å²) in [7, 11) is 0. The molecule has 0 N–H and O–H groups in total. The van der Waals surface area contributed by atoms with Crippen LogP contribution >= 0.6 is 0 Å². The maximum absolute atomic E-state index is 13.8. The van der Waals surface area contributed by atoms with Crippen molar-refractivity contribution < 1.29 is 56.5 Å². The Kier molecular flexibility index (Phi) is 9.01. The molecule has 0 aliphatic carbocycles. The van der Waals surface area contributed by atoms with Crippen LogP contribution in [-0.2, 0) is 0 Å². The Balaban J connectivity index is 0.00000396. The number of rotatable bonds is 5. The van der Waals surface area contributed by atoms with Gasteiger partial charge in [0.1, 0.15) is 0 Å². The summed E-state index contributed by atoms with van der Waals surface area (Å²) in [5.74, 6) is 1.84. The molecule has 10 aromatic rings. The van der Waals surface area contributed by atoms with E-state index in [1.165, 1.54) is 0 Å². The molecule has 8 aromatic carbocycles. The van der Waals surface area contributed by atoms with Gasteiger partial charge in [-0.3, -0.25) is 0 Å². The van der Waals surface area contributed by atoms with Crippen LogP contribution in [-0.4, -0.2) is 19.5 Å². The Morgan fingerprint density at radius 2 is 0.842 bits per heavy atom. The number of hydrogen-bond acceptors (Lipinski definition) is 4. The van der Waals surface area contributed by atoms with Gasteiger partial charge in [0.05, 0.1) is 16.7 Å². The Morgan fingerprint density at radius 3 is 1.49 bits per heavy atom. The second kappa shape index (κ2) is 14.5. The van der Waals surface area contributed by atoms with Gasteiger partial charge in [0, 0.05) is 44.2 Å². The summed E-state index contributed by atoms with van der Waals surface area (Å²) >= 11 is 0. The first kappa shape index (κ1) is 35.4. The molecule has 57 heavy (non-hydrogen) atoms. The zero-order chi connectivity index (χ0) is 37.2. The molecule has 0 spiro atoms. The summed E-state index contributed by atoms with van der Waals surface area (Å²) < 4.78 is 2.42. The molecule has 6 heteroatoms. The Bertz CT molecular complexity index is 3080. The van der Waals surface area contributed by atoms with E-state index in [-0.39, 0.29) is 57.1 Å². The van der Waals surface area contributed by atoms with E-state index < -0.39 is 0 Å². The van der Waals surface area contributed by atoms with Crippen molar-refractivity contribution >= 4 is 21.8 Å². The minimum Gasteiger partial charge on any atom is -0.872 e. The van der Waals surface area contributed by atoms with Gasteiger partial charge in [-0.25, -0.2) is 15.0 Å². The minimum atomic E-state index is -0.00465. The van der Waals surface area contributed by atoms with Crippen molar-refractivity contribution in [1.82, 2.24) is 19.5 Å². The molecular formula is C51H31KN4O. The molecule has 5 nitrogen and oxygen atoms in total. The summed E-state index contributed by atoms with van der Waals surface area (Å²) in [5, 5.41) is 16.0. The van der Waals surface area contributed by atoms with Gasteiger partial charge < -0.3 is 9.67 Å². The fourth-order valence-corrected chi connectivity index (χ4v) is 8.43. The van der Waals surface area contributed by atoms with Crippen molar-refractivity contribution in [3.63, 3.8) is 0 Å². The third-order valence-corrected chi connectivity index (χ3v) is 10.9. The number of fused-ring (bicyclic) bond motifs is 8. The van der Waals surface area contributed by atoms with E-state index in [1.54, 1.807) is 6.07 Å². The molecule has 1 aliphatic rings. The summed E-state index contributed by atoms with van der Waals surface area (Å²) in [6.45, 7) is 0. The van der Waals surface area contributed by atoms with Gasteiger partial charge in [-0.2, -0.15) is 0 Å². The van der Waals surface area contributed by atoms with Gasteiger partial charge in [0.25, 0.3) is 0 Å².